The highest BCUT2D eigenvalue weighted by atomic mass is 16.7. The van der Waals surface area contributed by atoms with Crippen molar-refractivity contribution < 1.29 is 42.9 Å². The third-order valence-corrected chi connectivity index (χ3v) is 3.56. The Bertz CT molecular complexity index is 516. The Balaban J connectivity index is 3.20. The Morgan fingerprint density at radius 3 is 1.76 bits per heavy atom. The van der Waals surface area contributed by atoms with E-state index in [1.165, 1.54) is 27.7 Å². The monoisotopic (exact) mass is 360 g/mol. The van der Waals surface area contributed by atoms with Gasteiger partial charge in [-0.15, -0.1) is 0 Å². The molecule has 0 aromatic heterocycles. The summed E-state index contributed by atoms with van der Waals surface area (Å²) in [6, 6.07) is 0. The Kier molecular flexibility index (Phi) is 7.82. The van der Waals surface area contributed by atoms with Gasteiger partial charge in [-0.2, -0.15) is 0 Å². The van der Waals surface area contributed by atoms with Gasteiger partial charge in [0, 0.05) is 27.7 Å². The van der Waals surface area contributed by atoms with Crippen LogP contribution in [0.2, 0.25) is 0 Å². The van der Waals surface area contributed by atoms with Gasteiger partial charge in [0.15, 0.2) is 6.10 Å². The molecular formula is C16H24O9. The van der Waals surface area contributed by atoms with Gasteiger partial charge >= 0.3 is 23.9 Å². The van der Waals surface area contributed by atoms with Crippen LogP contribution in [0.5, 0.6) is 0 Å². The molecule has 0 aromatic rings. The molecule has 25 heavy (non-hydrogen) atoms. The summed E-state index contributed by atoms with van der Waals surface area (Å²) in [7, 11) is 0. The summed E-state index contributed by atoms with van der Waals surface area (Å²) in [5.41, 5.74) is 0. The first-order valence-corrected chi connectivity index (χ1v) is 7.96. The fourth-order valence-electron chi connectivity index (χ4n) is 2.67. The van der Waals surface area contributed by atoms with Crippen LogP contribution in [0.25, 0.3) is 0 Å². The topological polar surface area (TPSA) is 114 Å². The molecule has 1 heterocycles. The summed E-state index contributed by atoms with van der Waals surface area (Å²) in [6.45, 7) is 6.43. The summed E-state index contributed by atoms with van der Waals surface area (Å²) in [4.78, 5) is 45.5. The number of hydrogen-bond acceptors (Lipinski definition) is 9. The van der Waals surface area contributed by atoms with Crippen LogP contribution in [-0.4, -0.2) is 55.1 Å². The van der Waals surface area contributed by atoms with Crippen molar-refractivity contribution in [1.82, 2.24) is 0 Å². The van der Waals surface area contributed by atoms with Crippen LogP contribution in [0.4, 0.5) is 0 Å². The lowest BCUT2D eigenvalue weighted by Crippen LogP contribution is -2.59. The molecule has 0 bridgehead atoms. The van der Waals surface area contributed by atoms with E-state index >= 15 is 0 Å². The minimum absolute atomic E-state index is 0.192. The van der Waals surface area contributed by atoms with Crippen molar-refractivity contribution in [2.45, 2.75) is 65.6 Å². The average Bonchev–Trinajstić information content (AvgIpc) is 2.47. The van der Waals surface area contributed by atoms with Gasteiger partial charge < -0.3 is 23.7 Å². The van der Waals surface area contributed by atoms with Crippen molar-refractivity contribution >= 4 is 23.9 Å². The van der Waals surface area contributed by atoms with Crippen LogP contribution in [0.3, 0.4) is 0 Å². The number of hydrogen-bond donors (Lipinski definition) is 0. The molecule has 1 saturated heterocycles. The molecule has 1 aliphatic heterocycles. The number of carbonyl (C=O) groups excluding carboxylic acids is 4. The molecule has 0 radical (unpaired) electrons. The highest BCUT2D eigenvalue weighted by Crippen LogP contribution is 2.33. The molecule has 1 rings (SSSR count). The molecule has 1 fully saturated rings. The fourth-order valence-corrected chi connectivity index (χ4v) is 2.67. The number of carbonyl (C=O) groups is 4. The van der Waals surface area contributed by atoms with E-state index in [9.17, 15) is 19.2 Å². The summed E-state index contributed by atoms with van der Waals surface area (Å²) in [5.74, 6) is -3.14. The van der Waals surface area contributed by atoms with Crippen molar-refractivity contribution in [1.29, 1.82) is 0 Å². The third-order valence-electron chi connectivity index (χ3n) is 3.56. The van der Waals surface area contributed by atoms with E-state index < -0.39 is 54.4 Å². The van der Waals surface area contributed by atoms with Crippen LogP contribution >= 0.6 is 0 Å². The standard InChI is InChI=1S/C16H24O9/c1-6-13-14(22-9(3)18)12(7-21-8(2)17)15(23-10(4)19)16(25-13)24-11(5)20/h12-16H,6-7H2,1-5H3. The van der Waals surface area contributed by atoms with Crippen molar-refractivity contribution in [3.05, 3.63) is 0 Å². The minimum Gasteiger partial charge on any atom is -0.465 e. The molecule has 0 spiro atoms. The largest absolute Gasteiger partial charge is 0.465 e. The molecule has 1 aliphatic rings. The maximum absolute atomic E-state index is 11.5. The van der Waals surface area contributed by atoms with Gasteiger partial charge in [0.05, 0.1) is 12.0 Å². The Morgan fingerprint density at radius 1 is 0.800 bits per heavy atom. The highest BCUT2D eigenvalue weighted by Gasteiger charge is 2.51. The first-order chi connectivity index (χ1) is 11.6. The molecular weight excluding hydrogens is 336 g/mol. The van der Waals surface area contributed by atoms with Gasteiger partial charge in [-0.25, -0.2) is 0 Å². The zero-order valence-electron chi connectivity index (χ0n) is 15.0. The van der Waals surface area contributed by atoms with Crippen molar-refractivity contribution in [3.63, 3.8) is 0 Å². The van der Waals surface area contributed by atoms with Crippen LogP contribution in [0, 0.1) is 5.92 Å². The van der Waals surface area contributed by atoms with Crippen LogP contribution in [0.1, 0.15) is 41.0 Å². The Labute approximate surface area is 145 Å². The molecule has 9 nitrogen and oxygen atoms in total. The lowest BCUT2D eigenvalue weighted by molar-refractivity contribution is -0.286. The normalized spacial score (nSPS) is 28.6. The predicted octanol–water partition coefficient (Wildman–Crippen LogP) is 0.727. The molecule has 0 saturated carbocycles. The molecule has 142 valence electrons. The lowest BCUT2D eigenvalue weighted by atomic mass is 9.88. The fraction of sp³-hybridized carbons (Fsp3) is 0.750. The zero-order chi connectivity index (χ0) is 19.1. The van der Waals surface area contributed by atoms with E-state index in [-0.39, 0.29) is 6.61 Å². The smallest absolute Gasteiger partial charge is 0.305 e. The van der Waals surface area contributed by atoms with E-state index in [1.54, 1.807) is 6.92 Å². The maximum Gasteiger partial charge on any atom is 0.305 e. The SMILES string of the molecule is CCC1OC(OC(C)=O)C(OC(C)=O)C(COC(C)=O)C1OC(C)=O. The van der Waals surface area contributed by atoms with E-state index in [0.29, 0.717) is 6.42 Å². The average molecular weight is 360 g/mol. The highest BCUT2D eigenvalue weighted by molar-refractivity contribution is 5.68. The third kappa shape index (κ3) is 6.33. The van der Waals surface area contributed by atoms with Gasteiger partial charge in [-0.05, 0) is 6.42 Å². The second-order valence-electron chi connectivity index (χ2n) is 5.68. The molecule has 9 heteroatoms. The second-order valence-corrected chi connectivity index (χ2v) is 5.68. The lowest BCUT2D eigenvalue weighted by Gasteiger charge is -2.44. The quantitative estimate of drug-likeness (QED) is 0.499. The first-order valence-electron chi connectivity index (χ1n) is 7.96. The van der Waals surface area contributed by atoms with Crippen molar-refractivity contribution in [2.24, 2.45) is 5.92 Å². The Morgan fingerprint density at radius 2 is 1.32 bits per heavy atom. The van der Waals surface area contributed by atoms with Crippen molar-refractivity contribution in [3.8, 4) is 0 Å². The van der Waals surface area contributed by atoms with E-state index in [0.717, 1.165) is 0 Å². The molecule has 0 amide bonds. The van der Waals surface area contributed by atoms with Gasteiger partial charge in [0.1, 0.15) is 12.7 Å². The predicted molar refractivity (Wildman–Crippen MR) is 81.9 cm³/mol. The number of esters is 4. The molecule has 0 aromatic carbocycles. The Hall–Kier alpha value is -2.16. The van der Waals surface area contributed by atoms with E-state index in [2.05, 4.69) is 0 Å². The van der Waals surface area contributed by atoms with Crippen molar-refractivity contribution in [2.75, 3.05) is 6.61 Å². The summed E-state index contributed by atoms with van der Waals surface area (Å²) < 4.78 is 26.4. The number of ether oxygens (including phenoxy) is 5. The molecule has 5 atom stereocenters. The summed E-state index contributed by atoms with van der Waals surface area (Å²) >= 11 is 0. The van der Waals surface area contributed by atoms with Crippen LogP contribution < -0.4 is 0 Å². The van der Waals surface area contributed by atoms with Gasteiger partial charge in [-0.3, -0.25) is 19.2 Å². The first kappa shape index (κ1) is 20.9. The van der Waals surface area contributed by atoms with Crippen LogP contribution in [0.15, 0.2) is 0 Å². The minimum atomic E-state index is -1.20. The molecule has 0 N–H and O–H groups in total. The van der Waals surface area contributed by atoms with Gasteiger partial charge in [-0.1, -0.05) is 6.92 Å². The number of rotatable bonds is 6. The molecule has 0 aliphatic carbocycles. The van der Waals surface area contributed by atoms with E-state index in [4.69, 9.17) is 23.7 Å². The van der Waals surface area contributed by atoms with Gasteiger partial charge in [0.2, 0.25) is 6.29 Å². The zero-order valence-corrected chi connectivity index (χ0v) is 15.0. The molecule has 5 unspecified atom stereocenters. The second kappa shape index (κ2) is 9.36. The van der Waals surface area contributed by atoms with Gasteiger partial charge in [0.25, 0.3) is 0 Å². The maximum atomic E-state index is 11.5. The van der Waals surface area contributed by atoms with Crippen LogP contribution in [-0.2, 0) is 42.9 Å². The van der Waals surface area contributed by atoms with E-state index in [1.807, 2.05) is 0 Å². The summed E-state index contributed by atoms with van der Waals surface area (Å²) in [5, 5.41) is 0. The summed E-state index contributed by atoms with van der Waals surface area (Å²) in [6.07, 6.45) is -3.32.